The second kappa shape index (κ2) is 14.9. The van der Waals surface area contributed by atoms with Crippen molar-refractivity contribution in [2.45, 2.75) is 76.4 Å². The van der Waals surface area contributed by atoms with E-state index in [0.717, 1.165) is 46.8 Å². The van der Waals surface area contributed by atoms with Crippen LogP contribution in [-0.4, -0.2) is 25.6 Å². The van der Waals surface area contributed by atoms with Crippen LogP contribution >= 0.6 is 11.6 Å². The number of halogens is 1. The maximum atomic E-state index is 7.41. The number of nitrogens with zero attached hydrogens (tertiary/aromatic N) is 1. The summed E-state index contributed by atoms with van der Waals surface area (Å²) in [5, 5.41) is 0.668. The maximum absolute atomic E-state index is 7.41. The second-order valence-corrected chi connectivity index (χ2v) is 12.4. The maximum Gasteiger partial charge on any atom is 0.186 e. The van der Waals surface area contributed by atoms with Crippen molar-refractivity contribution in [1.29, 1.82) is 0 Å². The van der Waals surface area contributed by atoms with E-state index < -0.39 is 5.60 Å². The molecule has 4 aromatic rings. The summed E-state index contributed by atoms with van der Waals surface area (Å²) in [5.41, 5.74) is 4.53. The van der Waals surface area contributed by atoms with Gasteiger partial charge in [-0.15, -0.1) is 0 Å². The molecule has 5 rings (SSSR count). The second-order valence-electron chi connectivity index (χ2n) is 12.0. The molecule has 0 saturated heterocycles. The Morgan fingerprint density at radius 3 is 2.05 bits per heavy atom. The van der Waals surface area contributed by atoms with E-state index in [-0.39, 0.29) is 0 Å². The zero-order valence-electron chi connectivity index (χ0n) is 26.0. The lowest BCUT2D eigenvalue weighted by molar-refractivity contribution is 0.151. The third-order valence-electron chi connectivity index (χ3n) is 9.09. The van der Waals surface area contributed by atoms with Crippen LogP contribution in [0.5, 0.6) is 11.5 Å². The largest absolute Gasteiger partial charge is 0.497 e. The highest BCUT2D eigenvalue weighted by Gasteiger charge is 2.41. The minimum absolute atomic E-state index is 0.606. The molecule has 1 fully saturated rings. The molecular formula is C39H46ClNO2. The highest BCUT2D eigenvalue weighted by atomic mass is 35.5. The van der Waals surface area contributed by atoms with Crippen LogP contribution < -0.4 is 9.47 Å². The average Bonchev–Trinajstić information content (AvgIpc) is 3.19. The van der Waals surface area contributed by atoms with Gasteiger partial charge < -0.3 is 14.4 Å². The first-order valence-electron chi connectivity index (χ1n) is 16.0. The lowest BCUT2D eigenvalue weighted by atomic mass is 9.78. The van der Waals surface area contributed by atoms with Crippen molar-refractivity contribution in [1.82, 2.24) is 4.90 Å². The third kappa shape index (κ3) is 7.28. The van der Waals surface area contributed by atoms with Crippen molar-refractivity contribution in [3.8, 4) is 11.5 Å². The summed E-state index contributed by atoms with van der Waals surface area (Å²) < 4.78 is 13.1. The number of methoxy groups -OCH3 is 1. The standard InChI is InChI=1S/C39H46ClNO2/c1-4-41(2)29-32-24-27-35(42-3)28-38(32)43-39(33-18-12-9-13-19-33,36-20-14-15-21-37(36)40)34-25-22-31(23-26-34)30-16-10-7-5-6-8-11-17-30/h9,12-15,18-28,30H,4-8,10-11,16-17,29H2,1-3H3. The van der Waals surface area contributed by atoms with Crippen molar-refractivity contribution in [2.24, 2.45) is 0 Å². The van der Waals surface area contributed by atoms with E-state index >= 15 is 0 Å². The van der Waals surface area contributed by atoms with Crippen molar-refractivity contribution < 1.29 is 9.47 Å². The number of rotatable bonds is 10. The summed E-state index contributed by atoms with van der Waals surface area (Å²) in [6, 6.07) is 33.9. The van der Waals surface area contributed by atoms with Gasteiger partial charge in [-0.1, -0.05) is 136 Å². The summed E-state index contributed by atoms with van der Waals surface area (Å²) in [7, 11) is 3.83. The molecule has 0 N–H and O–H groups in total. The SMILES string of the molecule is CCN(C)Cc1ccc(OC)cc1OC(c1ccccc1)(c1ccc(C2CCCCCCCC2)cc1)c1ccccc1Cl. The number of benzene rings is 4. The Labute approximate surface area is 263 Å². The van der Waals surface area contributed by atoms with E-state index in [2.05, 4.69) is 79.5 Å². The van der Waals surface area contributed by atoms with E-state index in [9.17, 15) is 0 Å². The van der Waals surface area contributed by atoms with Gasteiger partial charge in [-0.05, 0) is 50.0 Å². The molecule has 1 saturated carbocycles. The lowest BCUT2D eigenvalue weighted by Gasteiger charge is -2.38. The highest BCUT2D eigenvalue weighted by Crippen LogP contribution is 2.46. The summed E-state index contributed by atoms with van der Waals surface area (Å²) in [4.78, 5) is 2.28. The van der Waals surface area contributed by atoms with Gasteiger partial charge in [0, 0.05) is 39.9 Å². The minimum Gasteiger partial charge on any atom is -0.497 e. The molecule has 0 radical (unpaired) electrons. The molecule has 3 nitrogen and oxygen atoms in total. The summed E-state index contributed by atoms with van der Waals surface area (Å²) >= 11 is 7.07. The minimum atomic E-state index is -0.984. The zero-order valence-corrected chi connectivity index (χ0v) is 26.8. The monoisotopic (exact) mass is 595 g/mol. The molecule has 1 atom stereocenters. The molecule has 0 aromatic heterocycles. The van der Waals surface area contributed by atoms with Gasteiger partial charge in [0.25, 0.3) is 0 Å². The Morgan fingerprint density at radius 2 is 1.40 bits per heavy atom. The Morgan fingerprint density at radius 1 is 0.767 bits per heavy atom. The van der Waals surface area contributed by atoms with Gasteiger partial charge in [0.15, 0.2) is 5.60 Å². The van der Waals surface area contributed by atoms with Crippen molar-refractivity contribution >= 4 is 11.6 Å². The van der Waals surface area contributed by atoms with Crippen molar-refractivity contribution in [3.63, 3.8) is 0 Å². The zero-order chi connectivity index (χ0) is 30.1. The number of hydrogen-bond acceptors (Lipinski definition) is 3. The Hall–Kier alpha value is -3.27. The van der Waals surface area contributed by atoms with E-state index in [1.165, 1.54) is 56.9 Å². The summed E-state index contributed by atoms with van der Waals surface area (Å²) in [5.74, 6) is 2.15. The fourth-order valence-corrected chi connectivity index (χ4v) is 6.75. The van der Waals surface area contributed by atoms with Crippen LogP contribution in [0.15, 0.2) is 97.1 Å². The van der Waals surface area contributed by atoms with Crippen LogP contribution in [0.25, 0.3) is 0 Å². The fraction of sp³-hybridized carbons (Fsp3) is 0.385. The molecule has 1 aliphatic carbocycles. The van der Waals surface area contributed by atoms with Crippen LogP contribution in [0.1, 0.15) is 92.0 Å². The van der Waals surface area contributed by atoms with E-state index in [1.807, 2.05) is 36.4 Å². The van der Waals surface area contributed by atoms with Crippen LogP contribution in [-0.2, 0) is 12.1 Å². The van der Waals surface area contributed by atoms with Gasteiger partial charge >= 0.3 is 0 Å². The van der Waals surface area contributed by atoms with Crippen LogP contribution in [0.3, 0.4) is 0 Å². The predicted octanol–water partition coefficient (Wildman–Crippen LogP) is 10.4. The molecule has 0 amide bonds. The molecular weight excluding hydrogens is 550 g/mol. The van der Waals surface area contributed by atoms with Crippen molar-refractivity contribution in [2.75, 3.05) is 20.7 Å². The Kier molecular flexibility index (Phi) is 10.8. The fourth-order valence-electron chi connectivity index (χ4n) is 6.48. The van der Waals surface area contributed by atoms with Gasteiger partial charge in [0.1, 0.15) is 11.5 Å². The predicted molar refractivity (Wildman–Crippen MR) is 180 cm³/mol. The van der Waals surface area contributed by atoms with E-state index in [0.29, 0.717) is 10.9 Å². The molecule has 0 heterocycles. The number of ether oxygens (including phenoxy) is 2. The smallest absolute Gasteiger partial charge is 0.186 e. The van der Waals surface area contributed by atoms with E-state index in [4.69, 9.17) is 21.1 Å². The van der Waals surface area contributed by atoms with Crippen LogP contribution in [0.4, 0.5) is 0 Å². The Bertz CT molecular complexity index is 1430. The van der Waals surface area contributed by atoms with Gasteiger partial charge in [0.05, 0.1) is 7.11 Å². The molecule has 4 aromatic carbocycles. The third-order valence-corrected chi connectivity index (χ3v) is 9.42. The van der Waals surface area contributed by atoms with Gasteiger partial charge in [-0.25, -0.2) is 0 Å². The first kappa shape index (κ1) is 31.2. The first-order valence-corrected chi connectivity index (χ1v) is 16.4. The van der Waals surface area contributed by atoms with Crippen LogP contribution in [0, 0.1) is 0 Å². The van der Waals surface area contributed by atoms with Crippen molar-refractivity contribution in [3.05, 3.63) is 130 Å². The lowest BCUT2D eigenvalue weighted by Crippen LogP contribution is -2.37. The van der Waals surface area contributed by atoms with Gasteiger partial charge in [0.2, 0.25) is 0 Å². The van der Waals surface area contributed by atoms with Gasteiger partial charge in [-0.3, -0.25) is 0 Å². The Balaban J connectivity index is 1.68. The quantitative estimate of drug-likeness (QED) is 0.170. The van der Waals surface area contributed by atoms with Gasteiger partial charge in [-0.2, -0.15) is 0 Å². The molecule has 0 spiro atoms. The molecule has 1 aliphatic rings. The molecule has 1 unspecified atom stereocenters. The van der Waals surface area contributed by atoms with Crippen LogP contribution in [0.2, 0.25) is 5.02 Å². The summed E-state index contributed by atoms with van der Waals surface area (Å²) in [6.45, 7) is 3.85. The molecule has 43 heavy (non-hydrogen) atoms. The number of hydrogen-bond donors (Lipinski definition) is 0. The van der Waals surface area contributed by atoms with E-state index in [1.54, 1.807) is 7.11 Å². The molecule has 0 bridgehead atoms. The normalized spacial score (nSPS) is 16.1. The molecule has 4 heteroatoms. The molecule has 226 valence electrons. The summed E-state index contributed by atoms with van der Waals surface area (Å²) in [6.07, 6.45) is 10.6. The highest BCUT2D eigenvalue weighted by molar-refractivity contribution is 6.31. The average molecular weight is 596 g/mol. The molecule has 0 aliphatic heterocycles. The first-order chi connectivity index (χ1) is 21.0. The topological polar surface area (TPSA) is 21.7 Å².